The van der Waals surface area contributed by atoms with Crippen molar-refractivity contribution in [2.75, 3.05) is 0 Å². The number of aryl methyl sites for hydroxylation is 4. The summed E-state index contributed by atoms with van der Waals surface area (Å²) in [4.78, 5) is 0. The van der Waals surface area contributed by atoms with Crippen LogP contribution in [0.25, 0.3) is 0 Å². The fraction of sp³-hybridized carbons (Fsp3) is 0.143. The van der Waals surface area contributed by atoms with E-state index in [1.165, 1.54) is 0 Å². The highest BCUT2D eigenvalue weighted by Crippen LogP contribution is 2.37. The van der Waals surface area contributed by atoms with Crippen LogP contribution in [0.4, 0.5) is 0 Å². The molecular formula is C28H24O4. The normalized spacial score (nSPS) is 13.2. The van der Waals surface area contributed by atoms with Gasteiger partial charge in [0.25, 0.3) is 0 Å². The number of benzene rings is 4. The Balaban J connectivity index is 1.57. The van der Waals surface area contributed by atoms with E-state index in [2.05, 4.69) is 0 Å². The number of phenols is 2. The van der Waals surface area contributed by atoms with Gasteiger partial charge in [0.1, 0.15) is 11.5 Å². The molecule has 0 radical (unpaired) electrons. The second-order valence-electron chi connectivity index (χ2n) is 8.02. The summed E-state index contributed by atoms with van der Waals surface area (Å²) in [6.45, 7) is 0. The fourth-order valence-electron chi connectivity index (χ4n) is 4.01. The smallest absolute Gasteiger partial charge is 0.172 e. The first-order chi connectivity index (χ1) is 15.7. The lowest BCUT2D eigenvalue weighted by atomic mass is 10.0. The van der Waals surface area contributed by atoms with Crippen molar-refractivity contribution in [3.05, 3.63) is 107 Å². The predicted molar refractivity (Wildman–Crippen MR) is 124 cm³/mol. The van der Waals surface area contributed by atoms with Crippen LogP contribution in [0.3, 0.4) is 0 Å². The quantitative estimate of drug-likeness (QED) is 0.335. The van der Waals surface area contributed by atoms with Crippen molar-refractivity contribution >= 4 is 0 Å². The average Bonchev–Trinajstić information content (AvgIpc) is 2.81. The van der Waals surface area contributed by atoms with Crippen molar-refractivity contribution < 1.29 is 19.7 Å². The van der Waals surface area contributed by atoms with E-state index in [0.717, 1.165) is 53.7 Å². The number of rotatable bonds is 0. The molecule has 2 heterocycles. The van der Waals surface area contributed by atoms with E-state index in [1.54, 1.807) is 12.1 Å². The molecule has 6 rings (SSSR count). The molecule has 4 aromatic rings. The lowest BCUT2D eigenvalue weighted by Gasteiger charge is -2.16. The summed E-state index contributed by atoms with van der Waals surface area (Å²) < 4.78 is 12.2. The molecule has 32 heavy (non-hydrogen) atoms. The van der Waals surface area contributed by atoms with E-state index < -0.39 is 0 Å². The maximum Gasteiger partial charge on any atom is 0.172 e. The minimum atomic E-state index is 0.116. The minimum absolute atomic E-state index is 0.116. The number of ether oxygens (including phenoxy) is 2. The van der Waals surface area contributed by atoms with E-state index >= 15 is 0 Å². The molecule has 0 spiro atoms. The monoisotopic (exact) mass is 424 g/mol. The molecule has 160 valence electrons. The Morgan fingerprint density at radius 2 is 1.25 bits per heavy atom. The van der Waals surface area contributed by atoms with Gasteiger partial charge < -0.3 is 19.7 Å². The zero-order chi connectivity index (χ0) is 21.9. The van der Waals surface area contributed by atoms with Gasteiger partial charge in [-0.25, -0.2) is 0 Å². The van der Waals surface area contributed by atoms with E-state index in [4.69, 9.17) is 9.47 Å². The van der Waals surface area contributed by atoms with Crippen molar-refractivity contribution in [3.63, 3.8) is 0 Å². The number of hydrogen-bond donors (Lipinski definition) is 2. The minimum Gasteiger partial charge on any atom is -0.504 e. The van der Waals surface area contributed by atoms with Gasteiger partial charge in [0.15, 0.2) is 23.0 Å². The molecule has 0 saturated carbocycles. The average molecular weight is 424 g/mol. The van der Waals surface area contributed by atoms with Crippen LogP contribution in [0.1, 0.15) is 22.3 Å². The molecular weight excluding hydrogens is 400 g/mol. The van der Waals surface area contributed by atoms with Gasteiger partial charge in [-0.05, 0) is 84.3 Å². The molecule has 0 unspecified atom stereocenters. The molecule has 0 atom stereocenters. The van der Waals surface area contributed by atoms with Crippen LogP contribution in [0.15, 0.2) is 84.9 Å². The van der Waals surface area contributed by atoms with Crippen LogP contribution in [0.5, 0.6) is 34.5 Å². The van der Waals surface area contributed by atoms with Crippen LogP contribution >= 0.6 is 0 Å². The van der Waals surface area contributed by atoms with Crippen molar-refractivity contribution in [2.24, 2.45) is 0 Å². The lowest BCUT2D eigenvalue weighted by molar-refractivity contribution is 0.404. The van der Waals surface area contributed by atoms with Crippen LogP contribution < -0.4 is 9.47 Å². The molecule has 0 amide bonds. The number of aromatic hydroxyl groups is 2. The van der Waals surface area contributed by atoms with Gasteiger partial charge in [0.2, 0.25) is 0 Å². The Kier molecular flexibility index (Phi) is 5.42. The van der Waals surface area contributed by atoms with E-state index in [-0.39, 0.29) is 11.5 Å². The zero-order valence-corrected chi connectivity index (χ0v) is 17.6. The van der Waals surface area contributed by atoms with E-state index in [0.29, 0.717) is 17.2 Å². The maximum atomic E-state index is 10.6. The van der Waals surface area contributed by atoms with Gasteiger partial charge in [-0.3, -0.25) is 0 Å². The third kappa shape index (κ3) is 4.26. The Morgan fingerprint density at radius 3 is 2.12 bits per heavy atom. The first-order valence-corrected chi connectivity index (χ1v) is 10.8. The van der Waals surface area contributed by atoms with Crippen LogP contribution in [-0.2, 0) is 25.7 Å². The SMILES string of the molecule is Oc1ccc2cc1Oc1ccc(cc1)CCc1cccc(O)c1Oc1ccccc1CC2. The fourth-order valence-corrected chi connectivity index (χ4v) is 4.01. The topological polar surface area (TPSA) is 58.9 Å². The highest BCUT2D eigenvalue weighted by Gasteiger charge is 2.14. The molecule has 4 bridgehead atoms. The highest BCUT2D eigenvalue weighted by atomic mass is 16.5. The predicted octanol–water partition coefficient (Wildman–Crippen LogP) is 6.57. The van der Waals surface area contributed by atoms with Gasteiger partial charge in [-0.2, -0.15) is 0 Å². The third-order valence-corrected chi connectivity index (χ3v) is 5.80. The molecule has 4 heteroatoms. The molecule has 2 aliphatic heterocycles. The summed E-state index contributed by atoms with van der Waals surface area (Å²) in [5.74, 6) is 2.63. The summed E-state index contributed by atoms with van der Waals surface area (Å²) in [6, 6.07) is 26.7. The van der Waals surface area contributed by atoms with Gasteiger partial charge in [0.05, 0.1) is 0 Å². The van der Waals surface area contributed by atoms with Crippen LogP contribution in [0.2, 0.25) is 0 Å². The van der Waals surface area contributed by atoms with Crippen molar-refractivity contribution in [1.82, 2.24) is 0 Å². The van der Waals surface area contributed by atoms with Crippen molar-refractivity contribution in [3.8, 4) is 34.5 Å². The van der Waals surface area contributed by atoms with Crippen molar-refractivity contribution in [1.29, 1.82) is 0 Å². The van der Waals surface area contributed by atoms with E-state index in [1.807, 2.05) is 72.8 Å². The molecule has 0 fully saturated rings. The Labute approximate surface area is 187 Å². The molecule has 0 aliphatic carbocycles. The molecule has 2 N–H and O–H groups in total. The van der Waals surface area contributed by atoms with Gasteiger partial charge in [-0.1, -0.05) is 48.5 Å². The van der Waals surface area contributed by atoms with Gasteiger partial charge >= 0.3 is 0 Å². The Hall–Kier alpha value is -3.92. The summed E-state index contributed by atoms with van der Waals surface area (Å²) in [6.07, 6.45) is 3.03. The molecule has 0 saturated heterocycles. The molecule has 4 nitrogen and oxygen atoms in total. The van der Waals surface area contributed by atoms with Gasteiger partial charge in [-0.15, -0.1) is 0 Å². The van der Waals surface area contributed by atoms with Crippen LogP contribution in [0, 0.1) is 0 Å². The second-order valence-corrected chi connectivity index (χ2v) is 8.02. The summed E-state index contributed by atoms with van der Waals surface area (Å²) in [5.41, 5.74) is 4.21. The first-order valence-electron chi connectivity index (χ1n) is 10.8. The lowest BCUT2D eigenvalue weighted by Crippen LogP contribution is -1.99. The van der Waals surface area contributed by atoms with E-state index in [9.17, 15) is 10.2 Å². The second kappa shape index (κ2) is 8.67. The van der Waals surface area contributed by atoms with Crippen LogP contribution in [-0.4, -0.2) is 10.2 Å². The number of phenolic OH excluding ortho intramolecular Hbond substituents is 2. The standard InChI is InChI=1S/C28H24O4/c29-24-17-12-20-9-13-21-4-1-2-7-26(21)32-28-22(5-3-6-25(28)30)14-8-19-10-15-23(16-11-19)31-27(24)18-20/h1-7,10-12,15-18,29-30H,8-9,13-14H2. The number of para-hydroxylation sites is 2. The summed E-state index contributed by atoms with van der Waals surface area (Å²) in [5, 5.41) is 20.8. The number of hydrogen-bond acceptors (Lipinski definition) is 4. The third-order valence-electron chi connectivity index (χ3n) is 5.80. The largest absolute Gasteiger partial charge is 0.504 e. The Bertz CT molecular complexity index is 1240. The molecule has 4 aromatic carbocycles. The molecule has 2 aliphatic rings. The molecule has 0 aromatic heterocycles. The zero-order valence-electron chi connectivity index (χ0n) is 17.6. The van der Waals surface area contributed by atoms with Crippen molar-refractivity contribution in [2.45, 2.75) is 25.7 Å². The Morgan fingerprint density at radius 1 is 0.531 bits per heavy atom. The van der Waals surface area contributed by atoms with Gasteiger partial charge in [0, 0.05) is 0 Å². The first kappa shape index (κ1) is 20.0. The maximum absolute atomic E-state index is 10.6. The summed E-state index contributed by atoms with van der Waals surface area (Å²) >= 11 is 0. The summed E-state index contributed by atoms with van der Waals surface area (Å²) in [7, 11) is 0. The number of fused-ring (bicyclic) bond motifs is 4. The highest BCUT2D eigenvalue weighted by molar-refractivity contribution is 5.50.